The van der Waals surface area contributed by atoms with E-state index in [1.807, 2.05) is 18.2 Å². The van der Waals surface area contributed by atoms with Crippen molar-refractivity contribution in [1.29, 1.82) is 0 Å². The molecule has 2 rings (SSSR count). The van der Waals surface area contributed by atoms with Gasteiger partial charge in [0.25, 0.3) is 0 Å². The fourth-order valence-corrected chi connectivity index (χ4v) is 2.11. The largest absolute Gasteiger partial charge is 0.370 e. The molecule has 1 aromatic rings. The summed E-state index contributed by atoms with van der Waals surface area (Å²) in [5.74, 6) is 0. The van der Waals surface area contributed by atoms with E-state index in [9.17, 15) is 0 Å². The highest BCUT2D eigenvalue weighted by molar-refractivity contribution is 6.43. The molecule has 0 atom stereocenters. The van der Waals surface area contributed by atoms with E-state index < -0.39 is 0 Å². The van der Waals surface area contributed by atoms with E-state index in [0.717, 1.165) is 18.8 Å². The minimum Gasteiger partial charge on any atom is -0.370 e. The quantitative estimate of drug-likeness (QED) is 0.693. The smallest absolute Gasteiger partial charge is 0.0825 e. The topological polar surface area (TPSA) is 3.24 Å². The maximum Gasteiger partial charge on any atom is 0.0825 e. The number of nitrogens with zero attached hydrogens (tertiary/aromatic N) is 1. The molecule has 0 spiro atoms. The Kier molecular flexibility index (Phi) is 2.66. The van der Waals surface area contributed by atoms with Crippen molar-refractivity contribution in [3.8, 4) is 0 Å². The monoisotopic (exact) mass is 215 g/mol. The van der Waals surface area contributed by atoms with E-state index in [2.05, 4.69) is 4.90 Å². The van der Waals surface area contributed by atoms with Gasteiger partial charge in [-0.3, -0.25) is 0 Å². The van der Waals surface area contributed by atoms with Crippen molar-refractivity contribution >= 4 is 28.9 Å². The van der Waals surface area contributed by atoms with Gasteiger partial charge in [0, 0.05) is 13.1 Å². The van der Waals surface area contributed by atoms with Crippen LogP contribution >= 0.6 is 23.2 Å². The Balaban J connectivity index is 2.33. The molecule has 0 aliphatic carbocycles. The SMILES string of the molecule is Clc1cccc(N2CCCC2)c1Cl. The molecular weight excluding hydrogens is 205 g/mol. The molecule has 1 nitrogen and oxygen atoms in total. The lowest BCUT2D eigenvalue weighted by Gasteiger charge is -2.19. The van der Waals surface area contributed by atoms with Crippen LogP contribution in [0.1, 0.15) is 12.8 Å². The molecule has 0 unspecified atom stereocenters. The molecule has 1 saturated heterocycles. The van der Waals surface area contributed by atoms with Gasteiger partial charge in [-0.2, -0.15) is 0 Å². The number of hydrogen-bond donors (Lipinski definition) is 0. The zero-order valence-electron chi connectivity index (χ0n) is 7.26. The van der Waals surface area contributed by atoms with E-state index in [1.165, 1.54) is 12.8 Å². The molecule has 70 valence electrons. The van der Waals surface area contributed by atoms with Gasteiger partial charge in [0.1, 0.15) is 0 Å². The summed E-state index contributed by atoms with van der Waals surface area (Å²) in [6.07, 6.45) is 2.51. The van der Waals surface area contributed by atoms with E-state index in [1.54, 1.807) is 0 Å². The number of benzene rings is 1. The normalized spacial score (nSPS) is 16.6. The lowest BCUT2D eigenvalue weighted by molar-refractivity contribution is 0.949. The van der Waals surface area contributed by atoms with Crippen molar-refractivity contribution in [2.45, 2.75) is 12.8 Å². The van der Waals surface area contributed by atoms with Gasteiger partial charge in [-0.1, -0.05) is 29.3 Å². The van der Waals surface area contributed by atoms with Crippen LogP contribution in [0.25, 0.3) is 0 Å². The number of hydrogen-bond acceptors (Lipinski definition) is 1. The van der Waals surface area contributed by atoms with Crippen LogP contribution in [0.5, 0.6) is 0 Å². The number of rotatable bonds is 1. The summed E-state index contributed by atoms with van der Waals surface area (Å²) in [5, 5.41) is 1.33. The Morgan fingerprint density at radius 2 is 1.77 bits per heavy atom. The average molecular weight is 216 g/mol. The summed E-state index contributed by atoms with van der Waals surface area (Å²) in [4.78, 5) is 2.29. The van der Waals surface area contributed by atoms with Crippen LogP contribution in [0.15, 0.2) is 18.2 Å². The van der Waals surface area contributed by atoms with Crippen molar-refractivity contribution < 1.29 is 0 Å². The van der Waals surface area contributed by atoms with Crippen molar-refractivity contribution in [3.05, 3.63) is 28.2 Å². The van der Waals surface area contributed by atoms with Gasteiger partial charge in [0.2, 0.25) is 0 Å². The van der Waals surface area contributed by atoms with E-state index in [-0.39, 0.29) is 0 Å². The lowest BCUT2D eigenvalue weighted by atomic mass is 10.3. The van der Waals surface area contributed by atoms with Gasteiger partial charge in [0.15, 0.2) is 0 Å². The lowest BCUT2D eigenvalue weighted by Crippen LogP contribution is -2.17. The predicted molar refractivity (Wildman–Crippen MR) is 57.9 cm³/mol. The Bertz CT molecular complexity index is 306. The first-order valence-corrected chi connectivity index (χ1v) is 5.23. The number of halogens is 2. The molecule has 0 radical (unpaired) electrons. The first kappa shape index (κ1) is 9.17. The van der Waals surface area contributed by atoms with Gasteiger partial charge < -0.3 is 4.90 Å². The molecule has 3 heteroatoms. The third-order valence-corrected chi connectivity index (χ3v) is 3.19. The maximum atomic E-state index is 6.10. The molecule has 0 saturated carbocycles. The van der Waals surface area contributed by atoms with Gasteiger partial charge in [-0.25, -0.2) is 0 Å². The first-order chi connectivity index (χ1) is 6.29. The van der Waals surface area contributed by atoms with E-state index >= 15 is 0 Å². The van der Waals surface area contributed by atoms with E-state index in [0.29, 0.717) is 10.0 Å². The number of anilines is 1. The summed E-state index contributed by atoms with van der Waals surface area (Å²) in [6, 6.07) is 5.80. The Morgan fingerprint density at radius 3 is 2.46 bits per heavy atom. The molecule has 0 bridgehead atoms. The van der Waals surface area contributed by atoms with Crippen LogP contribution in [-0.4, -0.2) is 13.1 Å². The third kappa shape index (κ3) is 1.77. The van der Waals surface area contributed by atoms with Crippen LogP contribution in [-0.2, 0) is 0 Å². The molecular formula is C10H11Cl2N. The Labute approximate surface area is 88.3 Å². The van der Waals surface area contributed by atoms with Crippen molar-refractivity contribution in [1.82, 2.24) is 0 Å². The van der Waals surface area contributed by atoms with Crippen LogP contribution in [0.2, 0.25) is 10.0 Å². The molecule has 13 heavy (non-hydrogen) atoms. The average Bonchev–Trinajstić information content (AvgIpc) is 2.62. The highest BCUT2D eigenvalue weighted by atomic mass is 35.5. The molecule has 1 aromatic carbocycles. The predicted octanol–water partition coefficient (Wildman–Crippen LogP) is 3.59. The van der Waals surface area contributed by atoms with E-state index in [4.69, 9.17) is 23.2 Å². The van der Waals surface area contributed by atoms with Crippen molar-refractivity contribution in [2.75, 3.05) is 18.0 Å². The summed E-state index contributed by atoms with van der Waals surface area (Å²) >= 11 is 12.0. The Hall–Kier alpha value is -0.400. The fraction of sp³-hybridized carbons (Fsp3) is 0.400. The first-order valence-electron chi connectivity index (χ1n) is 4.48. The van der Waals surface area contributed by atoms with Crippen LogP contribution in [0.4, 0.5) is 5.69 Å². The fourth-order valence-electron chi connectivity index (χ4n) is 1.69. The van der Waals surface area contributed by atoms with Gasteiger partial charge >= 0.3 is 0 Å². The highest BCUT2D eigenvalue weighted by Crippen LogP contribution is 2.33. The summed E-state index contributed by atoms with van der Waals surface area (Å²) in [6.45, 7) is 2.19. The van der Waals surface area contributed by atoms with Crippen LogP contribution in [0.3, 0.4) is 0 Å². The summed E-state index contributed by atoms with van der Waals surface area (Å²) in [7, 11) is 0. The minimum atomic E-state index is 0.645. The molecule has 1 aliphatic heterocycles. The van der Waals surface area contributed by atoms with Gasteiger partial charge in [-0.05, 0) is 25.0 Å². The maximum absolute atomic E-state index is 6.10. The van der Waals surface area contributed by atoms with Crippen LogP contribution < -0.4 is 4.90 Å². The van der Waals surface area contributed by atoms with Crippen LogP contribution in [0, 0.1) is 0 Å². The highest BCUT2D eigenvalue weighted by Gasteiger charge is 2.15. The molecule has 0 amide bonds. The molecule has 1 aliphatic rings. The third-order valence-electron chi connectivity index (χ3n) is 2.38. The second kappa shape index (κ2) is 3.77. The zero-order chi connectivity index (χ0) is 9.26. The molecule has 0 N–H and O–H groups in total. The molecule has 1 fully saturated rings. The summed E-state index contributed by atoms with van der Waals surface area (Å²) in [5.41, 5.74) is 1.08. The zero-order valence-corrected chi connectivity index (χ0v) is 8.78. The minimum absolute atomic E-state index is 0.645. The summed E-state index contributed by atoms with van der Waals surface area (Å²) < 4.78 is 0. The van der Waals surface area contributed by atoms with Gasteiger partial charge in [0.05, 0.1) is 15.7 Å². The standard InChI is InChI=1S/C10H11Cl2N/c11-8-4-3-5-9(10(8)12)13-6-1-2-7-13/h3-5H,1-2,6-7H2. The molecule has 1 heterocycles. The van der Waals surface area contributed by atoms with Crippen molar-refractivity contribution in [3.63, 3.8) is 0 Å². The second-order valence-electron chi connectivity index (χ2n) is 3.27. The van der Waals surface area contributed by atoms with Crippen molar-refractivity contribution in [2.24, 2.45) is 0 Å². The second-order valence-corrected chi connectivity index (χ2v) is 4.05. The Morgan fingerprint density at radius 1 is 1.08 bits per heavy atom. The molecule has 0 aromatic heterocycles. The van der Waals surface area contributed by atoms with Gasteiger partial charge in [-0.15, -0.1) is 0 Å².